The van der Waals surface area contributed by atoms with Crippen LogP contribution in [0.2, 0.25) is 0 Å². The minimum absolute atomic E-state index is 0. The van der Waals surface area contributed by atoms with E-state index in [0.29, 0.717) is 0 Å². The van der Waals surface area contributed by atoms with Crippen molar-refractivity contribution in [2.24, 2.45) is 4.99 Å². The number of nitrogens with zero attached hydrogens (tertiary/aromatic N) is 4. The Hall–Kier alpha value is -0.810. The fourth-order valence-corrected chi connectivity index (χ4v) is 3.73. The summed E-state index contributed by atoms with van der Waals surface area (Å²) in [6.45, 7) is 15.4. The Morgan fingerprint density at radius 1 is 0.900 bits per heavy atom. The van der Waals surface area contributed by atoms with Gasteiger partial charge in [0, 0.05) is 52.9 Å². The molecule has 2 saturated heterocycles. The maximum absolute atomic E-state index is 12.1. The second kappa shape index (κ2) is 14.3. The van der Waals surface area contributed by atoms with Gasteiger partial charge in [-0.1, -0.05) is 6.42 Å². The second-order valence-corrected chi connectivity index (χ2v) is 8.99. The molecule has 0 aliphatic carbocycles. The Labute approximate surface area is 200 Å². The van der Waals surface area contributed by atoms with Crippen molar-refractivity contribution in [3.63, 3.8) is 0 Å². The van der Waals surface area contributed by atoms with Crippen LogP contribution in [-0.4, -0.2) is 105 Å². The lowest BCUT2D eigenvalue weighted by Crippen LogP contribution is -2.50. The molecular formula is C21H43IN6O2. The van der Waals surface area contributed by atoms with Gasteiger partial charge in [0.25, 0.3) is 0 Å². The van der Waals surface area contributed by atoms with Crippen LogP contribution < -0.4 is 10.6 Å². The number of guanidine groups is 1. The summed E-state index contributed by atoms with van der Waals surface area (Å²) in [5.74, 6) is 0.886. The van der Waals surface area contributed by atoms with Gasteiger partial charge in [-0.3, -0.25) is 9.89 Å². The molecule has 0 aromatic rings. The lowest BCUT2D eigenvalue weighted by atomic mass is 10.1. The summed E-state index contributed by atoms with van der Waals surface area (Å²) in [5, 5.41) is 6.83. The number of halogens is 1. The molecule has 0 aromatic heterocycles. The first-order chi connectivity index (χ1) is 13.9. The zero-order valence-corrected chi connectivity index (χ0v) is 21.7. The zero-order valence-electron chi connectivity index (χ0n) is 19.4. The van der Waals surface area contributed by atoms with Crippen LogP contribution in [0.15, 0.2) is 4.99 Å². The van der Waals surface area contributed by atoms with Crippen LogP contribution in [0.1, 0.15) is 46.5 Å². The molecule has 2 fully saturated rings. The maximum Gasteiger partial charge on any atom is 0.410 e. The molecule has 0 saturated carbocycles. The number of piperidine rings is 1. The van der Waals surface area contributed by atoms with E-state index in [4.69, 9.17) is 4.74 Å². The van der Waals surface area contributed by atoms with Crippen molar-refractivity contribution in [2.45, 2.75) is 52.1 Å². The van der Waals surface area contributed by atoms with Gasteiger partial charge in [0.2, 0.25) is 0 Å². The van der Waals surface area contributed by atoms with Crippen LogP contribution in [0, 0.1) is 0 Å². The van der Waals surface area contributed by atoms with Gasteiger partial charge < -0.3 is 25.2 Å². The van der Waals surface area contributed by atoms with Crippen LogP contribution in [-0.2, 0) is 4.74 Å². The molecule has 30 heavy (non-hydrogen) atoms. The van der Waals surface area contributed by atoms with Crippen molar-refractivity contribution in [1.82, 2.24) is 25.3 Å². The summed E-state index contributed by atoms with van der Waals surface area (Å²) in [6, 6.07) is 0. The summed E-state index contributed by atoms with van der Waals surface area (Å²) < 4.78 is 5.46. The van der Waals surface area contributed by atoms with Crippen molar-refractivity contribution in [1.29, 1.82) is 0 Å². The molecule has 2 heterocycles. The highest BCUT2D eigenvalue weighted by molar-refractivity contribution is 14.0. The smallest absolute Gasteiger partial charge is 0.410 e. The van der Waals surface area contributed by atoms with E-state index >= 15 is 0 Å². The van der Waals surface area contributed by atoms with E-state index in [-0.39, 0.29) is 30.1 Å². The number of carbonyl (C=O) groups excluding carboxylic acids is 1. The summed E-state index contributed by atoms with van der Waals surface area (Å²) in [7, 11) is 1.83. The van der Waals surface area contributed by atoms with E-state index in [1.807, 2.05) is 32.7 Å². The largest absolute Gasteiger partial charge is 0.444 e. The average molecular weight is 539 g/mol. The first-order valence-electron chi connectivity index (χ1n) is 11.2. The molecule has 176 valence electrons. The van der Waals surface area contributed by atoms with Gasteiger partial charge in [-0.05, 0) is 59.7 Å². The molecule has 0 aromatic carbocycles. The van der Waals surface area contributed by atoms with Gasteiger partial charge in [0.1, 0.15) is 5.60 Å². The van der Waals surface area contributed by atoms with Crippen LogP contribution in [0.25, 0.3) is 0 Å². The number of aliphatic imine (C=N–C) groups is 1. The summed E-state index contributed by atoms with van der Waals surface area (Å²) in [4.78, 5) is 23.2. The van der Waals surface area contributed by atoms with Crippen molar-refractivity contribution in [2.75, 3.05) is 72.5 Å². The Balaban J connectivity index is 0.00000450. The van der Waals surface area contributed by atoms with E-state index < -0.39 is 5.60 Å². The minimum Gasteiger partial charge on any atom is -0.444 e. The van der Waals surface area contributed by atoms with Crippen LogP contribution >= 0.6 is 24.0 Å². The van der Waals surface area contributed by atoms with E-state index in [2.05, 4.69) is 25.4 Å². The number of hydrogen-bond acceptors (Lipinski definition) is 5. The third-order valence-electron chi connectivity index (χ3n) is 5.36. The molecule has 2 rings (SSSR count). The number of hydrogen-bond donors (Lipinski definition) is 2. The monoisotopic (exact) mass is 538 g/mol. The Bertz CT molecular complexity index is 512. The number of likely N-dealkylation sites (tertiary alicyclic amines) is 1. The first-order valence-corrected chi connectivity index (χ1v) is 11.2. The standard InChI is InChI=1S/C21H42N6O2.HI/c1-21(2,3)29-20(28)27-17-15-26(16-18-27)13-8-9-23-19(22-4)24-10-14-25-11-6-5-7-12-25;/h5-18H2,1-4H3,(H2,22,23,24);1H. The maximum atomic E-state index is 12.1. The number of nitrogens with one attached hydrogen (secondary N) is 2. The molecule has 8 nitrogen and oxygen atoms in total. The van der Waals surface area contributed by atoms with Crippen molar-refractivity contribution in [3.8, 4) is 0 Å². The number of carbonyl (C=O) groups is 1. The highest BCUT2D eigenvalue weighted by Gasteiger charge is 2.25. The molecule has 2 aliphatic rings. The Kier molecular flexibility index (Phi) is 13.0. The number of ether oxygens (including phenoxy) is 1. The van der Waals surface area contributed by atoms with E-state index in [1.54, 1.807) is 0 Å². The normalized spacial score (nSPS) is 19.2. The molecule has 2 N–H and O–H groups in total. The Morgan fingerprint density at radius 2 is 1.50 bits per heavy atom. The highest BCUT2D eigenvalue weighted by Crippen LogP contribution is 2.12. The third kappa shape index (κ3) is 11.0. The first kappa shape index (κ1) is 27.2. The molecule has 0 radical (unpaired) electrons. The van der Waals surface area contributed by atoms with Gasteiger partial charge in [-0.2, -0.15) is 0 Å². The van der Waals surface area contributed by atoms with Crippen molar-refractivity contribution in [3.05, 3.63) is 0 Å². The molecule has 9 heteroatoms. The van der Waals surface area contributed by atoms with E-state index in [0.717, 1.165) is 64.7 Å². The molecule has 1 amide bonds. The molecule has 0 bridgehead atoms. The second-order valence-electron chi connectivity index (χ2n) is 8.99. The van der Waals surface area contributed by atoms with Crippen molar-refractivity contribution < 1.29 is 9.53 Å². The highest BCUT2D eigenvalue weighted by atomic mass is 127. The molecule has 2 aliphatic heterocycles. The molecular weight excluding hydrogens is 495 g/mol. The number of amides is 1. The fourth-order valence-electron chi connectivity index (χ4n) is 3.73. The molecule has 0 atom stereocenters. The number of piperazine rings is 1. The lowest BCUT2D eigenvalue weighted by Gasteiger charge is -2.35. The topological polar surface area (TPSA) is 72.4 Å². The quantitative estimate of drug-likeness (QED) is 0.224. The fraction of sp³-hybridized carbons (Fsp3) is 0.905. The predicted molar refractivity (Wildman–Crippen MR) is 134 cm³/mol. The zero-order chi connectivity index (χ0) is 21.1. The average Bonchev–Trinajstić information content (AvgIpc) is 2.69. The lowest BCUT2D eigenvalue weighted by molar-refractivity contribution is 0.0145. The Morgan fingerprint density at radius 3 is 2.10 bits per heavy atom. The van der Waals surface area contributed by atoms with Crippen LogP contribution in [0.4, 0.5) is 4.79 Å². The third-order valence-corrected chi connectivity index (χ3v) is 5.36. The van der Waals surface area contributed by atoms with E-state index in [1.165, 1.54) is 32.4 Å². The number of rotatable bonds is 7. The SMILES string of the molecule is CN=C(NCCCN1CCN(C(=O)OC(C)(C)C)CC1)NCCN1CCCCC1.I. The summed E-state index contributed by atoms with van der Waals surface area (Å²) >= 11 is 0. The van der Waals surface area contributed by atoms with Gasteiger partial charge >= 0.3 is 6.09 Å². The van der Waals surface area contributed by atoms with Gasteiger partial charge in [-0.25, -0.2) is 4.79 Å². The molecule has 0 spiro atoms. The van der Waals surface area contributed by atoms with Gasteiger partial charge in [0.15, 0.2) is 5.96 Å². The summed E-state index contributed by atoms with van der Waals surface area (Å²) in [6.07, 6.45) is 4.90. The van der Waals surface area contributed by atoms with Gasteiger partial charge in [0.05, 0.1) is 0 Å². The van der Waals surface area contributed by atoms with Crippen LogP contribution in [0.3, 0.4) is 0 Å². The van der Waals surface area contributed by atoms with E-state index in [9.17, 15) is 4.79 Å². The molecule has 0 unspecified atom stereocenters. The minimum atomic E-state index is -0.430. The van der Waals surface area contributed by atoms with Crippen LogP contribution in [0.5, 0.6) is 0 Å². The van der Waals surface area contributed by atoms with Gasteiger partial charge in [-0.15, -0.1) is 24.0 Å². The van der Waals surface area contributed by atoms with Crippen molar-refractivity contribution >= 4 is 36.0 Å². The summed E-state index contributed by atoms with van der Waals surface area (Å²) in [5.41, 5.74) is -0.430. The predicted octanol–water partition coefficient (Wildman–Crippen LogP) is 2.20.